The molecule has 2 aromatic carbocycles. The van der Waals surface area contributed by atoms with Gasteiger partial charge in [0.15, 0.2) is 0 Å². The molecule has 0 aliphatic rings. The number of carbonyl (C=O) groups is 1. The number of para-hydroxylation sites is 2. The molecule has 1 aromatic heterocycles. The SMILES string of the molecule is Cc1cc(-c2nc3ccccc3[nH]2)ccc1OC(F)(F)C(=O)O. The van der Waals surface area contributed by atoms with Crippen molar-refractivity contribution < 1.29 is 23.4 Å². The molecule has 3 rings (SSSR count). The Morgan fingerprint density at radius 1 is 1.26 bits per heavy atom. The van der Waals surface area contributed by atoms with E-state index in [1.165, 1.54) is 12.1 Å². The van der Waals surface area contributed by atoms with Gasteiger partial charge in [0, 0.05) is 5.56 Å². The Hall–Kier alpha value is -2.96. The van der Waals surface area contributed by atoms with Crippen LogP contribution in [0, 0.1) is 6.92 Å². The number of alkyl halides is 2. The van der Waals surface area contributed by atoms with Crippen LogP contribution in [0.15, 0.2) is 42.5 Å². The number of carboxylic acids is 1. The van der Waals surface area contributed by atoms with Gasteiger partial charge < -0.3 is 14.8 Å². The predicted octanol–water partition coefficient (Wildman–Crippen LogP) is 3.59. The minimum atomic E-state index is -4.27. The van der Waals surface area contributed by atoms with E-state index in [2.05, 4.69) is 14.7 Å². The molecule has 0 spiro atoms. The lowest BCUT2D eigenvalue weighted by atomic mass is 10.1. The van der Waals surface area contributed by atoms with Gasteiger partial charge in [-0.15, -0.1) is 0 Å². The van der Waals surface area contributed by atoms with Crippen molar-refractivity contribution in [2.24, 2.45) is 0 Å². The number of aromatic amines is 1. The molecule has 0 atom stereocenters. The van der Waals surface area contributed by atoms with E-state index in [0.717, 1.165) is 11.0 Å². The quantitative estimate of drug-likeness (QED) is 0.771. The van der Waals surface area contributed by atoms with Crippen LogP contribution in [0.2, 0.25) is 0 Å². The highest BCUT2D eigenvalue weighted by Gasteiger charge is 2.42. The minimum Gasteiger partial charge on any atom is -0.474 e. The Kier molecular flexibility index (Phi) is 3.48. The predicted molar refractivity (Wildman–Crippen MR) is 79.5 cm³/mol. The number of imidazole rings is 1. The van der Waals surface area contributed by atoms with Gasteiger partial charge >= 0.3 is 12.1 Å². The summed E-state index contributed by atoms with van der Waals surface area (Å²) < 4.78 is 30.6. The fourth-order valence-electron chi connectivity index (χ4n) is 2.18. The molecule has 0 bridgehead atoms. The average Bonchev–Trinajstić information content (AvgIpc) is 2.93. The zero-order valence-electron chi connectivity index (χ0n) is 12.0. The van der Waals surface area contributed by atoms with Crippen LogP contribution in [0.5, 0.6) is 5.75 Å². The molecule has 3 aromatic rings. The molecule has 0 saturated heterocycles. The van der Waals surface area contributed by atoms with E-state index in [1.807, 2.05) is 24.3 Å². The van der Waals surface area contributed by atoms with Crippen LogP contribution < -0.4 is 4.74 Å². The van der Waals surface area contributed by atoms with Crippen molar-refractivity contribution >= 4 is 17.0 Å². The molecular formula is C16H12F2N2O3. The number of nitrogens with zero attached hydrogens (tertiary/aromatic N) is 1. The molecule has 5 nitrogen and oxygen atoms in total. The first kappa shape index (κ1) is 15.0. The molecule has 0 unspecified atom stereocenters. The van der Waals surface area contributed by atoms with Crippen LogP contribution in [0.4, 0.5) is 8.78 Å². The van der Waals surface area contributed by atoms with Gasteiger partial charge in [0.2, 0.25) is 0 Å². The maximum Gasteiger partial charge on any atom is 0.501 e. The molecule has 2 N–H and O–H groups in total. The Morgan fingerprint density at radius 2 is 2.00 bits per heavy atom. The number of rotatable bonds is 4. The van der Waals surface area contributed by atoms with E-state index in [4.69, 9.17) is 5.11 Å². The maximum absolute atomic E-state index is 13.1. The third-order valence-electron chi connectivity index (χ3n) is 3.32. The number of nitrogens with one attached hydrogen (secondary N) is 1. The third-order valence-corrected chi connectivity index (χ3v) is 3.32. The molecule has 0 fully saturated rings. The fourth-order valence-corrected chi connectivity index (χ4v) is 2.18. The Balaban J connectivity index is 1.94. The van der Waals surface area contributed by atoms with Crippen molar-refractivity contribution in [2.75, 3.05) is 0 Å². The number of carboxylic acid groups (broad SMARTS) is 1. The molecule has 0 aliphatic carbocycles. The third kappa shape index (κ3) is 2.85. The topological polar surface area (TPSA) is 75.2 Å². The number of benzene rings is 2. The summed E-state index contributed by atoms with van der Waals surface area (Å²) in [5, 5.41) is 8.42. The van der Waals surface area contributed by atoms with E-state index < -0.39 is 12.1 Å². The first-order valence-electron chi connectivity index (χ1n) is 6.73. The monoisotopic (exact) mass is 318 g/mol. The van der Waals surface area contributed by atoms with E-state index >= 15 is 0 Å². The summed E-state index contributed by atoms with van der Waals surface area (Å²) in [5.74, 6) is -1.94. The van der Waals surface area contributed by atoms with Gasteiger partial charge in [0.05, 0.1) is 11.0 Å². The van der Waals surface area contributed by atoms with Crippen molar-refractivity contribution in [3.8, 4) is 17.1 Å². The lowest BCUT2D eigenvalue weighted by Crippen LogP contribution is -2.35. The first-order valence-corrected chi connectivity index (χ1v) is 6.73. The molecule has 7 heteroatoms. The van der Waals surface area contributed by atoms with Crippen LogP contribution in [-0.4, -0.2) is 27.2 Å². The van der Waals surface area contributed by atoms with Gasteiger partial charge in [-0.05, 0) is 42.8 Å². The Morgan fingerprint density at radius 3 is 2.65 bits per heavy atom. The summed E-state index contributed by atoms with van der Waals surface area (Å²) >= 11 is 0. The Labute approximate surface area is 129 Å². The molecule has 0 saturated carbocycles. The number of hydrogen-bond acceptors (Lipinski definition) is 3. The lowest BCUT2D eigenvalue weighted by molar-refractivity contribution is -0.211. The molecule has 1 heterocycles. The number of halogens is 2. The number of hydrogen-bond donors (Lipinski definition) is 2. The highest BCUT2D eigenvalue weighted by Crippen LogP contribution is 2.29. The largest absolute Gasteiger partial charge is 0.501 e. The second-order valence-corrected chi connectivity index (χ2v) is 5.01. The van der Waals surface area contributed by atoms with Gasteiger partial charge in [-0.2, -0.15) is 8.78 Å². The van der Waals surface area contributed by atoms with E-state index in [1.54, 1.807) is 13.0 Å². The zero-order valence-corrected chi connectivity index (χ0v) is 12.0. The van der Waals surface area contributed by atoms with E-state index in [0.29, 0.717) is 17.0 Å². The van der Waals surface area contributed by atoms with Gasteiger partial charge in [0.1, 0.15) is 11.6 Å². The first-order chi connectivity index (χ1) is 10.9. The van der Waals surface area contributed by atoms with E-state index in [-0.39, 0.29) is 5.75 Å². The van der Waals surface area contributed by atoms with Gasteiger partial charge in [-0.3, -0.25) is 0 Å². The number of aryl methyl sites for hydroxylation is 1. The van der Waals surface area contributed by atoms with Gasteiger partial charge in [-0.25, -0.2) is 9.78 Å². The van der Waals surface area contributed by atoms with Crippen molar-refractivity contribution in [3.05, 3.63) is 48.0 Å². The second kappa shape index (κ2) is 5.35. The van der Waals surface area contributed by atoms with Crippen LogP contribution in [-0.2, 0) is 4.79 Å². The van der Waals surface area contributed by atoms with Gasteiger partial charge in [0.25, 0.3) is 0 Å². The minimum absolute atomic E-state index is 0.197. The summed E-state index contributed by atoms with van der Waals surface area (Å²) in [6.45, 7) is 1.55. The van der Waals surface area contributed by atoms with Crippen molar-refractivity contribution in [1.29, 1.82) is 0 Å². The number of aromatic nitrogens is 2. The average molecular weight is 318 g/mol. The number of ether oxygens (including phenoxy) is 1. The van der Waals surface area contributed by atoms with Gasteiger partial charge in [-0.1, -0.05) is 12.1 Å². The van der Waals surface area contributed by atoms with Crippen molar-refractivity contribution in [2.45, 2.75) is 13.0 Å². The van der Waals surface area contributed by atoms with Crippen LogP contribution in [0.1, 0.15) is 5.56 Å². The molecular weight excluding hydrogens is 306 g/mol. The summed E-state index contributed by atoms with van der Waals surface area (Å²) in [5.41, 5.74) is 2.71. The standard InChI is InChI=1S/C16H12F2N2O3/c1-9-8-10(6-7-13(9)23-16(17,18)15(21)22)14-19-11-4-2-3-5-12(11)20-14/h2-8H,1H3,(H,19,20)(H,21,22). The summed E-state index contributed by atoms with van der Waals surface area (Å²) in [6.07, 6.45) is -4.27. The number of aliphatic carboxylic acids is 1. The number of fused-ring (bicyclic) bond motifs is 1. The molecule has 118 valence electrons. The van der Waals surface area contributed by atoms with Crippen LogP contribution in [0.25, 0.3) is 22.4 Å². The number of H-pyrrole nitrogens is 1. The highest BCUT2D eigenvalue weighted by atomic mass is 19.3. The van der Waals surface area contributed by atoms with Crippen molar-refractivity contribution in [3.63, 3.8) is 0 Å². The fraction of sp³-hybridized carbons (Fsp3) is 0.125. The van der Waals surface area contributed by atoms with E-state index in [9.17, 15) is 13.6 Å². The zero-order chi connectivity index (χ0) is 16.6. The smallest absolute Gasteiger partial charge is 0.474 e. The van der Waals surface area contributed by atoms with Crippen LogP contribution in [0.3, 0.4) is 0 Å². The molecule has 0 aliphatic heterocycles. The summed E-state index contributed by atoms with van der Waals surface area (Å²) in [6, 6.07) is 11.9. The van der Waals surface area contributed by atoms with Crippen molar-refractivity contribution in [1.82, 2.24) is 9.97 Å². The summed E-state index contributed by atoms with van der Waals surface area (Å²) in [4.78, 5) is 18.0. The van der Waals surface area contributed by atoms with Crippen LogP contribution >= 0.6 is 0 Å². The summed E-state index contributed by atoms with van der Waals surface area (Å²) in [7, 11) is 0. The lowest BCUT2D eigenvalue weighted by Gasteiger charge is -2.15. The molecule has 23 heavy (non-hydrogen) atoms. The highest BCUT2D eigenvalue weighted by molar-refractivity contribution is 5.79. The molecule has 0 radical (unpaired) electrons. The normalized spacial score (nSPS) is 11.6. The maximum atomic E-state index is 13.1. The second-order valence-electron chi connectivity index (χ2n) is 5.01. The Bertz CT molecular complexity index is 857. The molecule has 0 amide bonds.